The zero-order valence-electron chi connectivity index (χ0n) is 14.4. The summed E-state index contributed by atoms with van der Waals surface area (Å²) in [5, 5.41) is 8.81. The number of carbonyl (C=O) groups is 2. The van der Waals surface area contributed by atoms with Crippen molar-refractivity contribution in [2.45, 2.75) is 33.2 Å². The molecule has 0 aromatic carbocycles. The highest BCUT2D eigenvalue weighted by molar-refractivity contribution is 5.96. The molecule has 1 unspecified atom stereocenters. The Morgan fingerprint density at radius 2 is 1.83 bits per heavy atom. The Labute approximate surface area is 156 Å². The van der Waals surface area contributed by atoms with E-state index in [1.165, 1.54) is 0 Å². The van der Waals surface area contributed by atoms with Gasteiger partial charge in [-0.15, -0.1) is 24.8 Å². The zero-order valence-corrected chi connectivity index (χ0v) is 16.0. The van der Waals surface area contributed by atoms with Gasteiger partial charge < -0.3 is 16.0 Å². The molecule has 1 aromatic heterocycles. The number of carbonyl (C=O) groups excluding carboxylic acids is 2. The van der Waals surface area contributed by atoms with Gasteiger partial charge in [0.15, 0.2) is 0 Å². The predicted octanol–water partition coefficient (Wildman–Crippen LogP) is 1.80. The second-order valence-corrected chi connectivity index (χ2v) is 5.45. The standard InChI is InChI=1S/C16H26N4O2.2ClH/c1-4-8-17-10-11-19-16(22)14(12(2)3)20-15(21)13-7-5-6-9-18-13;;/h5-7,9,12,14,17H,4,8,10-11H2,1-3H3,(H,19,22)(H,20,21);2*1H. The van der Waals surface area contributed by atoms with Crippen molar-refractivity contribution in [3.05, 3.63) is 30.1 Å². The maximum Gasteiger partial charge on any atom is 0.270 e. The lowest BCUT2D eigenvalue weighted by atomic mass is 10.0. The molecule has 0 aliphatic heterocycles. The van der Waals surface area contributed by atoms with Crippen LogP contribution in [-0.2, 0) is 4.79 Å². The summed E-state index contributed by atoms with van der Waals surface area (Å²) in [5.41, 5.74) is 0.311. The average Bonchev–Trinajstić information content (AvgIpc) is 2.52. The van der Waals surface area contributed by atoms with Gasteiger partial charge in [-0.1, -0.05) is 26.8 Å². The molecule has 8 heteroatoms. The van der Waals surface area contributed by atoms with Crippen LogP contribution in [-0.4, -0.2) is 42.5 Å². The van der Waals surface area contributed by atoms with E-state index in [-0.39, 0.29) is 42.5 Å². The molecule has 3 N–H and O–H groups in total. The summed E-state index contributed by atoms with van der Waals surface area (Å²) >= 11 is 0. The fourth-order valence-corrected chi connectivity index (χ4v) is 1.93. The SMILES string of the molecule is CCCNCCNC(=O)C(NC(=O)c1ccccn1)C(C)C.Cl.Cl. The van der Waals surface area contributed by atoms with E-state index in [0.717, 1.165) is 19.5 Å². The van der Waals surface area contributed by atoms with E-state index in [4.69, 9.17) is 0 Å². The van der Waals surface area contributed by atoms with Crippen molar-refractivity contribution in [2.24, 2.45) is 5.92 Å². The van der Waals surface area contributed by atoms with E-state index in [0.29, 0.717) is 12.2 Å². The number of nitrogens with one attached hydrogen (secondary N) is 3. The molecule has 2 amide bonds. The highest BCUT2D eigenvalue weighted by atomic mass is 35.5. The van der Waals surface area contributed by atoms with Gasteiger partial charge in [0, 0.05) is 19.3 Å². The summed E-state index contributed by atoms with van der Waals surface area (Å²) in [7, 11) is 0. The van der Waals surface area contributed by atoms with Crippen molar-refractivity contribution >= 4 is 36.6 Å². The molecule has 138 valence electrons. The van der Waals surface area contributed by atoms with Gasteiger partial charge in [0.1, 0.15) is 11.7 Å². The number of nitrogens with zero attached hydrogens (tertiary/aromatic N) is 1. The predicted molar refractivity (Wildman–Crippen MR) is 101 cm³/mol. The van der Waals surface area contributed by atoms with Crippen LogP contribution in [0.15, 0.2) is 24.4 Å². The molecule has 0 saturated heterocycles. The van der Waals surface area contributed by atoms with Crippen molar-refractivity contribution in [1.29, 1.82) is 0 Å². The third-order valence-electron chi connectivity index (χ3n) is 3.16. The van der Waals surface area contributed by atoms with Gasteiger partial charge in [0.05, 0.1) is 0 Å². The second-order valence-electron chi connectivity index (χ2n) is 5.45. The molecule has 24 heavy (non-hydrogen) atoms. The highest BCUT2D eigenvalue weighted by Crippen LogP contribution is 2.03. The zero-order chi connectivity index (χ0) is 16.4. The molecule has 0 fully saturated rings. The van der Waals surface area contributed by atoms with Crippen LogP contribution in [0.4, 0.5) is 0 Å². The first-order valence-electron chi connectivity index (χ1n) is 7.76. The maximum atomic E-state index is 12.2. The van der Waals surface area contributed by atoms with E-state index < -0.39 is 6.04 Å². The smallest absolute Gasteiger partial charge is 0.270 e. The van der Waals surface area contributed by atoms with Gasteiger partial charge in [0.25, 0.3) is 5.91 Å². The monoisotopic (exact) mass is 378 g/mol. The lowest BCUT2D eigenvalue weighted by Crippen LogP contribution is -2.50. The number of aromatic nitrogens is 1. The van der Waals surface area contributed by atoms with Gasteiger partial charge in [-0.2, -0.15) is 0 Å². The minimum absolute atomic E-state index is 0. The highest BCUT2D eigenvalue weighted by Gasteiger charge is 2.24. The van der Waals surface area contributed by atoms with E-state index in [2.05, 4.69) is 27.9 Å². The number of pyridine rings is 1. The Bertz CT molecular complexity index is 472. The Morgan fingerprint density at radius 1 is 1.12 bits per heavy atom. The number of hydrogen-bond donors (Lipinski definition) is 3. The van der Waals surface area contributed by atoms with E-state index in [1.54, 1.807) is 24.4 Å². The number of hydrogen-bond acceptors (Lipinski definition) is 4. The third-order valence-corrected chi connectivity index (χ3v) is 3.16. The van der Waals surface area contributed by atoms with Crippen LogP contribution in [0, 0.1) is 5.92 Å². The molecule has 0 spiro atoms. The molecule has 0 radical (unpaired) electrons. The van der Waals surface area contributed by atoms with Gasteiger partial charge in [-0.05, 0) is 31.0 Å². The Balaban J connectivity index is 0. The lowest BCUT2D eigenvalue weighted by molar-refractivity contribution is -0.123. The van der Waals surface area contributed by atoms with Crippen molar-refractivity contribution in [3.63, 3.8) is 0 Å². The number of amides is 2. The van der Waals surface area contributed by atoms with Gasteiger partial charge in [0.2, 0.25) is 5.91 Å². The first-order chi connectivity index (χ1) is 10.6. The van der Waals surface area contributed by atoms with Crippen LogP contribution in [0.2, 0.25) is 0 Å². The number of halogens is 2. The van der Waals surface area contributed by atoms with Gasteiger partial charge in [-0.25, -0.2) is 0 Å². The topological polar surface area (TPSA) is 83.1 Å². The van der Waals surface area contributed by atoms with Crippen LogP contribution in [0.3, 0.4) is 0 Å². The maximum absolute atomic E-state index is 12.2. The molecule has 6 nitrogen and oxygen atoms in total. The van der Waals surface area contributed by atoms with Crippen molar-refractivity contribution in [3.8, 4) is 0 Å². The average molecular weight is 379 g/mol. The lowest BCUT2D eigenvalue weighted by Gasteiger charge is -2.21. The fourth-order valence-electron chi connectivity index (χ4n) is 1.93. The number of rotatable bonds is 9. The largest absolute Gasteiger partial charge is 0.353 e. The minimum atomic E-state index is -0.569. The third kappa shape index (κ3) is 9.05. The van der Waals surface area contributed by atoms with Gasteiger partial charge in [-0.3, -0.25) is 14.6 Å². The van der Waals surface area contributed by atoms with Crippen LogP contribution < -0.4 is 16.0 Å². The summed E-state index contributed by atoms with van der Waals surface area (Å²) in [6, 6.07) is 4.54. The normalized spacial score (nSPS) is 11.0. The summed E-state index contributed by atoms with van der Waals surface area (Å²) in [6.45, 7) is 8.09. The second kappa shape index (κ2) is 14.0. The van der Waals surface area contributed by atoms with Crippen LogP contribution in [0.1, 0.15) is 37.7 Å². The van der Waals surface area contributed by atoms with E-state index in [1.807, 2.05) is 13.8 Å². The molecule has 1 aromatic rings. The first kappa shape index (κ1) is 24.9. The molecule has 1 rings (SSSR count). The van der Waals surface area contributed by atoms with Crippen molar-refractivity contribution in [1.82, 2.24) is 20.9 Å². The molecule has 1 atom stereocenters. The van der Waals surface area contributed by atoms with E-state index >= 15 is 0 Å². The quantitative estimate of drug-likeness (QED) is 0.572. The Hall–Kier alpha value is -1.37. The molecule has 0 aliphatic rings. The minimum Gasteiger partial charge on any atom is -0.353 e. The Morgan fingerprint density at radius 3 is 2.38 bits per heavy atom. The molecule has 1 heterocycles. The first-order valence-corrected chi connectivity index (χ1v) is 7.76. The van der Waals surface area contributed by atoms with E-state index in [9.17, 15) is 9.59 Å². The van der Waals surface area contributed by atoms with Gasteiger partial charge >= 0.3 is 0 Å². The van der Waals surface area contributed by atoms with Crippen molar-refractivity contribution in [2.75, 3.05) is 19.6 Å². The van der Waals surface area contributed by atoms with Crippen LogP contribution in [0.5, 0.6) is 0 Å². The van der Waals surface area contributed by atoms with Crippen LogP contribution in [0.25, 0.3) is 0 Å². The summed E-state index contributed by atoms with van der Waals surface area (Å²) in [5.74, 6) is -0.507. The molecule has 0 aliphatic carbocycles. The summed E-state index contributed by atoms with van der Waals surface area (Å²) in [6.07, 6.45) is 2.61. The molecular weight excluding hydrogens is 351 g/mol. The molecule has 0 bridgehead atoms. The molecular formula is C16H28Cl2N4O2. The summed E-state index contributed by atoms with van der Waals surface area (Å²) < 4.78 is 0. The Kier molecular flexibility index (Phi) is 14.5. The van der Waals surface area contributed by atoms with Crippen LogP contribution >= 0.6 is 24.8 Å². The summed E-state index contributed by atoms with van der Waals surface area (Å²) in [4.78, 5) is 28.3. The molecule has 0 saturated carbocycles. The fraction of sp³-hybridized carbons (Fsp3) is 0.562. The van der Waals surface area contributed by atoms with Crippen molar-refractivity contribution < 1.29 is 9.59 Å².